The van der Waals surface area contributed by atoms with Crippen LogP contribution in [0.2, 0.25) is 0 Å². The first kappa shape index (κ1) is 14.7. The van der Waals surface area contributed by atoms with Gasteiger partial charge < -0.3 is 0 Å². The average molecular weight is 270 g/mol. The molecule has 0 fully saturated rings. The SMILES string of the molecule is Cc1cccc[n+]1C(C)CCC(C)[n+]1ccccc1C. The number of aromatic nitrogens is 2. The molecular formula is C18H26N2+2. The molecule has 2 atom stereocenters. The summed E-state index contributed by atoms with van der Waals surface area (Å²) in [6.07, 6.45) is 6.76. The summed E-state index contributed by atoms with van der Waals surface area (Å²) in [7, 11) is 0. The molecule has 0 saturated carbocycles. The Kier molecular flexibility index (Phi) is 4.89. The molecule has 2 heteroatoms. The normalized spacial score (nSPS) is 14.0. The molecule has 2 rings (SSSR count). The third-order valence-corrected chi connectivity index (χ3v) is 4.16. The first-order valence-corrected chi connectivity index (χ1v) is 7.53. The number of nitrogens with zero attached hydrogens (tertiary/aromatic N) is 2. The van der Waals surface area contributed by atoms with E-state index in [0.717, 1.165) is 0 Å². The predicted octanol–water partition coefficient (Wildman–Crippen LogP) is 3.48. The third-order valence-electron chi connectivity index (χ3n) is 4.16. The van der Waals surface area contributed by atoms with Gasteiger partial charge in [0.05, 0.1) is 0 Å². The highest BCUT2D eigenvalue weighted by Crippen LogP contribution is 2.13. The van der Waals surface area contributed by atoms with Crippen LogP contribution in [0.4, 0.5) is 0 Å². The van der Waals surface area contributed by atoms with E-state index >= 15 is 0 Å². The van der Waals surface area contributed by atoms with Gasteiger partial charge in [-0.3, -0.25) is 0 Å². The molecular weight excluding hydrogens is 244 g/mol. The van der Waals surface area contributed by atoms with Gasteiger partial charge in [-0.2, -0.15) is 0 Å². The summed E-state index contributed by atoms with van der Waals surface area (Å²) in [5, 5.41) is 0. The van der Waals surface area contributed by atoms with E-state index < -0.39 is 0 Å². The van der Waals surface area contributed by atoms with Gasteiger partial charge in [-0.15, -0.1) is 0 Å². The summed E-state index contributed by atoms with van der Waals surface area (Å²) in [5.74, 6) is 0. The summed E-state index contributed by atoms with van der Waals surface area (Å²) >= 11 is 0. The summed E-state index contributed by atoms with van der Waals surface area (Å²) in [6.45, 7) is 8.97. The van der Waals surface area contributed by atoms with Crippen molar-refractivity contribution in [2.45, 2.75) is 52.6 Å². The number of aryl methyl sites for hydroxylation is 2. The first-order valence-electron chi connectivity index (χ1n) is 7.53. The van der Waals surface area contributed by atoms with Crippen molar-refractivity contribution in [2.24, 2.45) is 0 Å². The molecule has 0 amide bonds. The van der Waals surface area contributed by atoms with Crippen molar-refractivity contribution in [1.82, 2.24) is 0 Å². The summed E-state index contributed by atoms with van der Waals surface area (Å²) < 4.78 is 4.74. The lowest BCUT2D eigenvalue weighted by Gasteiger charge is -2.12. The van der Waals surface area contributed by atoms with Crippen molar-refractivity contribution in [3.63, 3.8) is 0 Å². The van der Waals surface area contributed by atoms with Gasteiger partial charge in [-0.05, 0) is 13.8 Å². The Balaban J connectivity index is 1.99. The molecule has 106 valence electrons. The van der Waals surface area contributed by atoms with Crippen LogP contribution in [0.1, 0.15) is 50.2 Å². The standard InChI is InChI=1S/C18H26N2/c1-15-9-5-7-13-19(15)17(3)11-12-18(4)20-14-8-6-10-16(20)2/h5-10,13-14,17-18H,11-12H2,1-4H3/q+2. The highest BCUT2D eigenvalue weighted by molar-refractivity contribution is 4.95. The monoisotopic (exact) mass is 270 g/mol. The Hall–Kier alpha value is -1.70. The lowest BCUT2D eigenvalue weighted by atomic mass is 10.1. The molecule has 2 heterocycles. The van der Waals surface area contributed by atoms with Gasteiger partial charge in [-0.25, -0.2) is 9.13 Å². The van der Waals surface area contributed by atoms with Crippen molar-refractivity contribution in [1.29, 1.82) is 0 Å². The van der Waals surface area contributed by atoms with E-state index in [1.807, 2.05) is 0 Å². The second-order valence-corrected chi connectivity index (χ2v) is 5.77. The fourth-order valence-electron chi connectivity index (χ4n) is 2.83. The van der Waals surface area contributed by atoms with Gasteiger partial charge in [0.25, 0.3) is 0 Å². The van der Waals surface area contributed by atoms with E-state index in [1.165, 1.54) is 24.2 Å². The maximum absolute atomic E-state index is 2.37. The van der Waals surface area contributed by atoms with Gasteiger partial charge in [0.15, 0.2) is 35.9 Å². The van der Waals surface area contributed by atoms with Crippen LogP contribution in [0, 0.1) is 13.8 Å². The molecule has 0 aliphatic rings. The molecule has 2 nitrogen and oxygen atoms in total. The minimum Gasteiger partial charge on any atom is -0.200 e. The van der Waals surface area contributed by atoms with Crippen LogP contribution >= 0.6 is 0 Å². The Morgan fingerprint density at radius 3 is 1.50 bits per heavy atom. The van der Waals surface area contributed by atoms with E-state index in [-0.39, 0.29) is 0 Å². The number of rotatable bonds is 5. The van der Waals surface area contributed by atoms with Crippen molar-refractivity contribution in [3.05, 3.63) is 60.2 Å². The minimum atomic E-state index is 0.545. The largest absolute Gasteiger partial charge is 0.200 e. The van der Waals surface area contributed by atoms with Crippen LogP contribution in [0.5, 0.6) is 0 Å². The fourth-order valence-corrected chi connectivity index (χ4v) is 2.83. The Morgan fingerprint density at radius 1 is 0.750 bits per heavy atom. The number of hydrogen-bond donors (Lipinski definition) is 0. The van der Waals surface area contributed by atoms with Gasteiger partial charge in [0.2, 0.25) is 0 Å². The zero-order valence-corrected chi connectivity index (χ0v) is 13.1. The average Bonchev–Trinajstić information content (AvgIpc) is 2.45. The molecule has 2 aromatic heterocycles. The molecule has 0 N–H and O–H groups in total. The van der Waals surface area contributed by atoms with Crippen LogP contribution in [0.25, 0.3) is 0 Å². The zero-order chi connectivity index (χ0) is 14.5. The van der Waals surface area contributed by atoms with E-state index in [9.17, 15) is 0 Å². The Labute approximate surface area is 122 Å². The van der Waals surface area contributed by atoms with Gasteiger partial charge in [0.1, 0.15) is 0 Å². The second-order valence-electron chi connectivity index (χ2n) is 5.77. The lowest BCUT2D eigenvalue weighted by molar-refractivity contribution is -0.737. The van der Waals surface area contributed by atoms with Gasteiger partial charge in [0, 0.05) is 51.0 Å². The molecule has 0 radical (unpaired) electrons. The first-order chi connectivity index (χ1) is 9.59. The second kappa shape index (κ2) is 6.65. The summed E-state index contributed by atoms with van der Waals surface area (Å²) in [5.41, 5.74) is 2.66. The molecule has 0 saturated heterocycles. The van der Waals surface area contributed by atoms with Gasteiger partial charge >= 0.3 is 0 Å². The maximum atomic E-state index is 2.37. The predicted molar refractivity (Wildman–Crippen MR) is 81.4 cm³/mol. The minimum absolute atomic E-state index is 0.545. The molecule has 0 aliphatic heterocycles. The number of pyridine rings is 2. The van der Waals surface area contributed by atoms with Crippen LogP contribution in [-0.2, 0) is 0 Å². The Bertz CT molecular complexity index is 511. The van der Waals surface area contributed by atoms with Crippen LogP contribution in [0.3, 0.4) is 0 Å². The topological polar surface area (TPSA) is 7.76 Å². The number of hydrogen-bond acceptors (Lipinski definition) is 0. The van der Waals surface area contributed by atoms with E-state index in [1.54, 1.807) is 0 Å². The lowest BCUT2D eigenvalue weighted by Crippen LogP contribution is -2.43. The Morgan fingerprint density at radius 2 is 1.15 bits per heavy atom. The van der Waals surface area contributed by atoms with E-state index in [4.69, 9.17) is 0 Å². The van der Waals surface area contributed by atoms with Crippen molar-refractivity contribution >= 4 is 0 Å². The highest BCUT2D eigenvalue weighted by atomic mass is 15.0. The summed E-state index contributed by atoms with van der Waals surface area (Å²) in [4.78, 5) is 0. The molecule has 0 spiro atoms. The molecule has 2 aromatic rings. The third kappa shape index (κ3) is 3.44. The van der Waals surface area contributed by atoms with E-state index in [2.05, 4.69) is 85.6 Å². The fraction of sp³-hybridized carbons (Fsp3) is 0.444. The van der Waals surface area contributed by atoms with Crippen LogP contribution < -0.4 is 9.13 Å². The highest BCUT2D eigenvalue weighted by Gasteiger charge is 2.20. The quantitative estimate of drug-likeness (QED) is 0.735. The van der Waals surface area contributed by atoms with Crippen molar-refractivity contribution in [3.8, 4) is 0 Å². The zero-order valence-electron chi connectivity index (χ0n) is 13.1. The van der Waals surface area contributed by atoms with Gasteiger partial charge in [-0.1, -0.05) is 12.1 Å². The molecule has 0 bridgehead atoms. The van der Waals surface area contributed by atoms with E-state index in [0.29, 0.717) is 12.1 Å². The maximum Gasteiger partial charge on any atom is 0.178 e. The molecule has 0 aliphatic carbocycles. The van der Waals surface area contributed by atoms with Crippen molar-refractivity contribution in [2.75, 3.05) is 0 Å². The smallest absolute Gasteiger partial charge is 0.178 e. The van der Waals surface area contributed by atoms with Crippen molar-refractivity contribution < 1.29 is 9.13 Å². The molecule has 20 heavy (non-hydrogen) atoms. The van der Waals surface area contributed by atoms with Crippen LogP contribution in [0.15, 0.2) is 48.8 Å². The summed E-state index contributed by atoms with van der Waals surface area (Å²) in [6, 6.07) is 13.9. The van der Waals surface area contributed by atoms with Crippen LogP contribution in [-0.4, -0.2) is 0 Å². The molecule has 2 unspecified atom stereocenters. The molecule has 0 aromatic carbocycles.